The molecule has 199 valence electrons. The van der Waals surface area contributed by atoms with Crippen LogP contribution in [0.3, 0.4) is 0 Å². The van der Waals surface area contributed by atoms with Crippen LogP contribution in [0.5, 0.6) is 0 Å². The Morgan fingerprint density at radius 3 is 2.02 bits per heavy atom. The number of hydrogen-bond acceptors (Lipinski definition) is 6. The van der Waals surface area contributed by atoms with E-state index in [-0.39, 0.29) is 29.4 Å². The van der Waals surface area contributed by atoms with Gasteiger partial charge in [-0.2, -0.15) is 0 Å². The number of nitrogens with one attached hydrogen (secondary N) is 2. The summed E-state index contributed by atoms with van der Waals surface area (Å²) in [4.78, 5) is 24.9. The van der Waals surface area contributed by atoms with Gasteiger partial charge in [0, 0.05) is 28.3 Å². The minimum absolute atomic E-state index is 0. The molecule has 0 aliphatic carbocycles. The van der Waals surface area contributed by atoms with Crippen molar-refractivity contribution in [1.29, 1.82) is 0 Å². The summed E-state index contributed by atoms with van der Waals surface area (Å²) in [6, 6.07) is 32.6. The summed E-state index contributed by atoms with van der Waals surface area (Å²) in [5.41, 5.74) is 5.99. The molecule has 2 unspecified atom stereocenters. The predicted octanol–water partition coefficient (Wildman–Crippen LogP) is 5.94. The first kappa shape index (κ1) is 23.9. The zero-order chi connectivity index (χ0) is 26.2. The molecule has 5 aromatic rings. The normalized spacial score (nSPS) is 20.5. The molecule has 8 bridgehead atoms. The van der Waals surface area contributed by atoms with Gasteiger partial charge in [-0.25, -0.2) is 4.99 Å². The summed E-state index contributed by atoms with van der Waals surface area (Å²) >= 11 is 0. The first-order valence-electron chi connectivity index (χ1n) is 13.2. The third-order valence-corrected chi connectivity index (χ3v) is 7.75. The van der Waals surface area contributed by atoms with Gasteiger partial charge in [0.2, 0.25) is 0 Å². The van der Waals surface area contributed by atoms with Gasteiger partial charge in [0.25, 0.3) is 0 Å². The average Bonchev–Trinajstić information content (AvgIpc) is 3.73. The van der Waals surface area contributed by atoms with Crippen LogP contribution in [0.4, 0.5) is 11.6 Å². The molecule has 0 saturated carbocycles. The van der Waals surface area contributed by atoms with Crippen LogP contribution in [0.1, 0.15) is 45.7 Å². The van der Waals surface area contributed by atoms with Crippen molar-refractivity contribution < 1.29 is 17.1 Å². The van der Waals surface area contributed by atoms with Crippen molar-refractivity contribution in [3.63, 3.8) is 0 Å². The minimum Gasteiger partial charge on any atom is -0.440 e. The Labute approximate surface area is 245 Å². The summed E-state index contributed by atoms with van der Waals surface area (Å²) in [5, 5.41) is 14.2. The summed E-state index contributed by atoms with van der Waals surface area (Å²) in [5.74, 6) is 3.94. The minimum atomic E-state index is -0.330. The molecule has 41 heavy (non-hydrogen) atoms. The topological polar surface area (TPSA) is 102 Å². The predicted molar refractivity (Wildman–Crippen MR) is 158 cm³/mol. The van der Waals surface area contributed by atoms with Gasteiger partial charge in [0.15, 0.2) is 0 Å². The van der Waals surface area contributed by atoms with Crippen LogP contribution in [0.15, 0.2) is 117 Å². The molecule has 2 N–H and O–H groups in total. The number of aliphatic imine (C=N–C) groups is 4. The molecule has 8 nitrogen and oxygen atoms in total. The van der Waals surface area contributed by atoms with Crippen molar-refractivity contribution in [1.82, 2.24) is 10.3 Å². The van der Waals surface area contributed by atoms with Crippen LogP contribution in [0.25, 0.3) is 16.1 Å². The van der Waals surface area contributed by atoms with Crippen molar-refractivity contribution in [2.45, 2.75) is 12.3 Å². The van der Waals surface area contributed by atoms with E-state index in [0.717, 1.165) is 55.8 Å². The van der Waals surface area contributed by atoms with E-state index in [9.17, 15) is 0 Å². The molecule has 0 saturated heterocycles. The number of nitrogens with zero attached hydrogens (tertiary/aromatic N) is 6. The van der Waals surface area contributed by atoms with Crippen molar-refractivity contribution in [3.05, 3.63) is 136 Å². The first-order chi connectivity index (χ1) is 19.8. The molecule has 0 fully saturated rings. The number of benzene rings is 4. The molecule has 5 heterocycles. The zero-order valence-electron chi connectivity index (χ0n) is 21.4. The van der Waals surface area contributed by atoms with Crippen molar-refractivity contribution in [2.75, 3.05) is 5.32 Å². The summed E-state index contributed by atoms with van der Waals surface area (Å²) in [7, 11) is 0. The molecule has 1 aromatic heterocycles. The Kier molecular flexibility index (Phi) is 5.25. The molecular weight excluding hydrogens is 560 g/mol. The number of fused-ring (bicyclic) bond motifs is 18. The standard InChI is InChI=1S/C32H20N8.Cu/c1-2-10-18-17(9-1)25-33-26(18)38-28-21-13-5-6-14-22(21)30(35-28)40-32-24-16-8-7-15-23(24)31(36-32)39-29-20-12-4-3-11-19(20)27(34-29)37-25;/h1-16,25,28,37H,(H-,33,35,36,38,39,40);/q-2;+2. The number of amidine groups is 4. The second-order valence-corrected chi connectivity index (χ2v) is 10.1. The maximum Gasteiger partial charge on any atom is 2.00 e. The smallest absolute Gasteiger partial charge is 0.440 e. The Balaban J connectivity index is 0.00000256. The molecule has 9 rings (SSSR count). The second kappa shape index (κ2) is 9.02. The van der Waals surface area contributed by atoms with Crippen molar-refractivity contribution in [2.24, 2.45) is 20.0 Å². The third kappa shape index (κ3) is 3.60. The molecule has 0 amide bonds. The van der Waals surface area contributed by atoms with Crippen LogP contribution in [-0.4, -0.2) is 23.3 Å². The van der Waals surface area contributed by atoms with Gasteiger partial charge in [0.05, 0.1) is 17.8 Å². The van der Waals surface area contributed by atoms with E-state index >= 15 is 0 Å². The molecule has 4 aliphatic rings. The van der Waals surface area contributed by atoms with E-state index in [4.69, 9.17) is 30.3 Å². The molecule has 4 aliphatic heterocycles. The Morgan fingerprint density at radius 2 is 1.22 bits per heavy atom. The molecule has 0 spiro atoms. The summed E-state index contributed by atoms with van der Waals surface area (Å²) in [6.07, 6.45) is -0.643. The fourth-order valence-electron chi connectivity index (χ4n) is 5.87. The third-order valence-electron chi connectivity index (χ3n) is 7.75. The van der Waals surface area contributed by atoms with E-state index < -0.39 is 0 Å². The van der Waals surface area contributed by atoms with E-state index in [1.54, 1.807) is 0 Å². The second-order valence-electron chi connectivity index (χ2n) is 10.1. The van der Waals surface area contributed by atoms with Crippen LogP contribution in [0.2, 0.25) is 0 Å². The number of rotatable bonds is 0. The Bertz CT molecular complexity index is 2020. The van der Waals surface area contributed by atoms with Crippen molar-refractivity contribution in [3.8, 4) is 0 Å². The van der Waals surface area contributed by atoms with Gasteiger partial charge in [-0.3, -0.25) is 4.99 Å². The van der Waals surface area contributed by atoms with E-state index in [1.165, 1.54) is 0 Å². The SMILES string of the molecule is [Cu+2].c1ccc2c(c1)C1=N/C2=N\c2[n-]c(c3ccccc23)NC2N=C(NC3[N-]C(=N1)c1ccccc13)c1ccccc12. The summed E-state index contributed by atoms with van der Waals surface area (Å²) in [6.45, 7) is 0. The molecule has 1 radical (unpaired) electrons. The van der Waals surface area contributed by atoms with E-state index in [0.29, 0.717) is 23.3 Å². The molecule has 9 heteroatoms. The zero-order valence-corrected chi connectivity index (χ0v) is 22.3. The van der Waals surface area contributed by atoms with Crippen LogP contribution in [-0.2, 0) is 17.1 Å². The van der Waals surface area contributed by atoms with E-state index in [2.05, 4.69) is 41.0 Å². The quantitative estimate of drug-likeness (QED) is 0.222. The summed E-state index contributed by atoms with van der Waals surface area (Å²) < 4.78 is 0. The molecular formula is C32H20CuN8. The van der Waals surface area contributed by atoms with Crippen molar-refractivity contribution >= 4 is 45.8 Å². The Hall–Kier alpha value is -4.98. The number of anilines is 1. The van der Waals surface area contributed by atoms with Crippen LogP contribution in [0, 0.1) is 0 Å². The van der Waals surface area contributed by atoms with Gasteiger partial charge in [0.1, 0.15) is 12.0 Å². The van der Waals surface area contributed by atoms with Gasteiger partial charge >= 0.3 is 17.1 Å². The maximum absolute atomic E-state index is 5.08. The van der Waals surface area contributed by atoms with Crippen LogP contribution >= 0.6 is 0 Å². The van der Waals surface area contributed by atoms with Gasteiger partial charge in [-0.1, -0.05) is 103 Å². The number of aromatic nitrogens is 1. The fourth-order valence-corrected chi connectivity index (χ4v) is 5.87. The molecule has 4 aromatic carbocycles. The largest absolute Gasteiger partial charge is 2.00 e. The average molecular weight is 580 g/mol. The van der Waals surface area contributed by atoms with Gasteiger partial charge in [-0.05, 0) is 27.5 Å². The monoisotopic (exact) mass is 579 g/mol. The van der Waals surface area contributed by atoms with Gasteiger partial charge in [-0.15, -0.1) is 0 Å². The fraction of sp³-hybridized carbons (Fsp3) is 0.0625. The number of hydrogen-bond donors (Lipinski definition) is 2. The first-order valence-corrected chi connectivity index (χ1v) is 13.2. The van der Waals surface area contributed by atoms with E-state index in [1.807, 2.05) is 66.7 Å². The van der Waals surface area contributed by atoms with Gasteiger partial charge < -0.3 is 30.9 Å². The Morgan fingerprint density at radius 1 is 0.585 bits per heavy atom. The maximum atomic E-state index is 5.08. The molecule has 2 atom stereocenters. The van der Waals surface area contributed by atoms with Crippen LogP contribution < -0.4 is 15.6 Å².